The molecular weight excluding hydrogens is 212 g/mol. The number of anilines is 1. The lowest BCUT2D eigenvalue weighted by Gasteiger charge is -1.95. The number of fused-ring (bicyclic) bond motifs is 1. The van der Waals surface area contributed by atoms with E-state index in [1.807, 2.05) is 26.1 Å². The number of aromatic nitrogens is 3. The molecule has 0 atom stereocenters. The molecule has 0 fully saturated rings. The van der Waals surface area contributed by atoms with Crippen LogP contribution in [0.1, 0.15) is 5.69 Å². The monoisotopic (exact) mass is 226 g/mol. The number of nitrogens with one attached hydrogen (secondary N) is 1. The zero-order valence-electron chi connectivity index (χ0n) is 9.86. The lowest BCUT2D eigenvalue weighted by atomic mass is 10.1. The van der Waals surface area contributed by atoms with Gasteiger partial charge in [0.2, 0.25) is 0 Å². The van der Waals surface area contributed by atoms with Gasteiger partial charge in [-0.25, -0.2) is 4.98 Å². The molecule has 0 amide bonds. The van der Waals surface area contributed by atoms with Crippen LogP contribution in [-0.2, 0) is 7.05 Å². The normalized spacial score (nSPS) is 11.2. The molecule has 1 aromatic carbocycles. The minimum atomic E-state index is 0.463. The second-order valence-corrected chi connectivity index (χ2v) is 4.27. The largest absolute Gasteiger partial charge is 0.369 e. The second-order valence-electron chi connectivity index (χ2n) is 4.27. The highest BCUT2D eigenvalue weighted by atomic mass is 15.0. The molecule has 0 aliphatic rings. The Morgan fingerprint density at radius 2 is 2.06 bits per heavy atom. The van der Waals surface area contributed by atoms with E-state index in [0.717, 1.165) is 17.0 Å². The molecule has 4 nitrogen and oxygen atoms in total. The van der Waals surface area contributed by atoms with E-state index in [-0.39, 0.29) is 0 Å². The maximum absolute atomic E-state index is 5.69. The summed E-state index contributed by atoms with van der Waals surface area (Å²) in [5.74, 6) is 0.463. The van der Waals surface area contributed by atoms with Gasteiger partial charge in [-0.2, -0.15) is 0 Å². The zero-order chi connectivity index (χ0) is 12.0. The topological polar surface area (TPSA) is 59.6 Å². The number of hydrogen-bond acceptors (Lipinski definition) is 2. The van der Waals surface area contributed by atoms with Crippen LogP contribution in [0.2, 0.25) is 0 Å². The average Bonchev–Trinajstić information content (AvgIpc) is 2.80. The van der Waals surface area contributed by atoms with Gasteiger partial charge in [0.25, 0.3) is 0 Å². The SMILES string of the molecule is Cc1[nH]c(N)nc1-c1cn(C)c2ccccc12. The van der Waals surface area contributed by atoms with Gasteiger partial charge in [0.05, 0.1) is 5.69 Å². The summed E-state index contributed by atoms with van der Waals surface area (Å²) in [6.45, 7) is 1.99. The van der Waals surface area contributed by atoms with Crippen molar-refractivity contribution >= 4 is 16.9 Å². The van der Waals surface area contributed by atoms with Crippen LogP contribution in [0.25, 0.3) is 22.2 Å². The molecule has 0 saturated carbocycles. The number of H-pyrrole nitrogens is 1. The van der Waals surface area contributed by atoms with E-state index in [9.17, 15) is 0 Å². The van der Waals surface area contributed by atoms with Crippen molar-refractivity contribution in [3.8, 4) is 11.3 Å². The molecule has 0 saturated heterocycles. The van der Waals surface area contributed by atoms with Crippen LogP contribution in [-0.4, -0.2) is 14.5 Å². The van der Waals surface area contributed by atoms with Crippen molar-refractivity contribution in [2.75, 3.05) is 5.73 Å². The summed E-state index contributed by atoms with van der Waals surface area (Å²) < 4.78 is 2.11. The summed E-state index contributed by atoms with van der Waals surface area (Å²) in [7, 11) is 2.04. The third-order valence-corrected chi connectivity index (χ3v) is 3.06. The number of nitrogens with zero attached hydrogens (tertiary/aromatic N) is 2. The van der Waals surface area contributed by atoms with Gasteiger partial charge >= 0.3 is 0 Å². The Morgan fingerprint density at radius 3 is 2.76 bits per heavy atom. The Bertz CT molecular complexity index is 691. The van der Waals surface area contributed by atoms with E-state index in [1.165, 1.54) is 10.9 Å². The van der Waals surface area contributed by atoms with Crippen LogP contribution in [0, 0.1) is 6.92 Å². The van der Waals surface area contributed by atoms with Gasteiger partial charge in [0.1, 0.15) is 0 Å². The molecule has 3 rings (SSSR count). The Hall–Kier alpha value is -2.23. The highest BCUT2D eigenvalue weighted by Gasteiger charge is 2.13. The Morgan fingerprint density at radius 1 is 1.29 bits per heavy atom. The first-order valence-electron chi connectivity index (χ1n) is 5.53. The van der Waals surface area contributed by atoms with Crippen molar-refractivity contribution in [3.63, 3.8) is 0 Å². The van der Waals surface area contributed by atoms with Crippen LogP contribution in [0.4, 0.5) is 5.95 Å². The van der Waals surface area contributed by atoms with E-state index in [0.29, 0.717) is 5.95 Å². The standard InChI is InChI=1S/C13H14N4/c1-8-12(16-13(14)15-8)10-7-17(2)11-6-4-3-5-9(10)11/h3-7H,1-2H3,(H3,14,15,16). The first-order valence-corrected chi connectivity index (χ1v) is 5.53. The van der Waals surface area contributed by atoms with E-state index >= 15 is 0 Å². The van der Waals surface area contributed by atoms with Gasteiger partial charge in [-0.15, -0.1) is 0 Å². The van der Waals surface area contributed by atoms with Crippen molar-refractivity contribution in [3.05, 3.63) is 36.2 Å². The van der Waals surface area contributed by atoms with E-state index < -0.39 is 0 Å². The Kier molecular flexibility index (Phi) is 1.98. The van der Waals surface area contributed by atoms with Gasteiger partial charge in [-0.05, 0) is 13.0 Å². The molecule has 4 heteroatoms. The van der Waals surface area contributed by atoms with E-state index in [4.69, 9.17) is 5.73 Å². The second kappa shape index (κ2) is 3.38. The number of aryl methyl sites for hydroxylation is 2. The fourth-order valence-corrected chi connectivity index (χ4v) is 2.28. The van der Waals surface area contributed by atoms with Crippen molar-refractivity contribution in [1.29, 1.82) is 0 Å². The van der Waals surface area contributed by atoms with Crippen molar-refractivity contribution in [2.45, 2.75) is 6.92 Å². The molecular formula is C13H14N4. The predicted octanol–water partition coefficient (Wildman–Crippen LogP) is 2.46. The van der Waals surface area contributed by atoms with Crippen molar-refractivity contribution in [2.24, 2.45) is 7.05 Å². The molecule has 0 unspecified atom stereocenters. The first kappa shape index (κ1) is 9.96. The maximum Gasteiger partial charge on any atom is 0.198 e. The lowest BCUT2D eigenvalue weighted by Crippen LogP contribution is -1.85. The molecule has 0 radical (unpaired) electrons. The summed E-state index contributed by atoms with van der Waals surface area (Å²) in [6.07, 6.45) is 2.09. The minimum absolute atomic E-state index is 0.463. The fourth-order valence-electron chi connectivity index (χ4n) is 2.28. The van der Waals surface area contributed by atoms with Gasteiger partial charge in [0, 0.05) is 35.4 Å². The number of nitrogens with two attached hydrogens (primary N) is 1. The maximum atomic E-state index is 5.69. The molecule has 17 heavy (non-hydrogen) atoms. The fraction of sp³-hybridized carbons (Fsp3) is 0.154. The summed E-state index contributed by atoms with van der Waals surface area (Å²) in [5.41, 5.74) is 9.94. The quantitative estimate of drug-likeness (QED) is 0.669. The molecule has 0 bridgehead atoms. The molecule has 2 heterocycles. The molecule has 86 valence electrons. The third-order valence-electron chi connectivity index (χ3n) is 3.06. The van der Waals surface area contributed by atoms with Gasteiger partial charge in [-0.3, -0.25) is 0 Å². The summed E-state index contributed by atoms with van der Waals surface area (Å²) >= 11 is 0. The van der Waals surface area contributed by atoms with Crippen LogP contribution in [0.15, 0.2) is 30.5 Å². The Balaban J connectivity index is 2.34. The molecule has 0 aliphatic heterocycles. The molecule has 3 aromatic rings. The number of para-hydroxylation sites is 1. The number of benzene rings is 1. The predicted molar refractivity (Wildman–Crippen MR) is 69.7 cm³/mol. The number of nitrogen functional groups attached to an aromatic ring is 1. The minimum Gasteiger partial charge on any atom is -0.369 e. The number of imidazole rings is 1. The summed E-state index contributed by atoms with van der Waals surface area (Å²) in [6, 6.07) is 8.29. The van der Waals surface area contributed by atoms with Gasteiger partial charge in [-0.1, -0.05) is 18.2 Å². The lowest BCUT2D eigenvalue weighted by molar-refractivity contribution is 0.969. The van der Waals surface area contributed by atoms with Crippen LogP contribution < -0.4 is 5.73 Å². The smallest absolute Gasteiger partial charge is 0.198 e. The van der Waals surface area contributed by atoms with Crippen molar-refractivity contribution < 1.29 is 0 Å². The molecule has 3 N–H and O–H groups in total. The first-order chi connectivity index (χ1) is 8.16. The van der Waals surface area contributed by atoms with Crippen LogP contribution in [0.5, 0.6) is 0 Å². The number of rotatable bonds is 1. The molecule has 0 aliphatic carbocycles. The highest BCUT2D eigenvalue weighted by Crippen LogP contribution is 2.30. The average molecular weight is 226 g/mol. The summed E-state index contributed by atoms with van der Waals surface area (Å²) in [5, 5.41) is 1.20. The van der Waals surface area contributed by atoms with E-state index in [1.54, 1.807) is 0 Å². The van der Waals surface area contributed by atoms with Crippen LogP contribution >= 0.6 is 0 Å². The van der Waals surface area contributed by atoms with Gasteiger partial charge < -0.3 is 15.3 Å². The van der Waals surface area contributed by atoms with Crippen molar-refractivity contribution in [1.82, 2.24) is 14.5 Å². The van der Waals surface area contributed by atoms with E-state index in [2.05, 4.69) is 32.9 Å². The summed E-state index contributed by atoms with van der Waals surface area (Å²) in [4.78, 5) is 7.39. The molecule has 2 aromatic heterocycles. The van der Waals surface area contributed by atoms with Crippen LogP contribution in [0.3, 0.4) is 0 Å². The number of aromatic amines is 1. The number of hydrogen-bond donors (Lipinski definition) is 2. The zero-order valence-corrected chi connectivity index (χ0v) is 9.86. The molecule has 0 spiro atoms. The van der Waals surface area contributed by atoms with Gasteiger partial charge in [0.15, 0.2) is 5.95 Å². The third kappa shape index (κ3) is 1.41. The highest BCUT2D eigenvalue weighted by molar-refractivity contribution is 5.95. The Labute approximate surface area is 99.1 Å².